The minimum absolute atomic E-state index is 0.0214. The fourth-order valence-corrected chi connectivity index (χ4v) is 2.07. The van der Waals surface area contributed by atoms with Crippen molar-refractivity contribution in [2.24, 2.45) is 5.92 Å². The number of halogens is 8. The third-order valence-corrected chi connectivity index (χ3v) is 3.41. The molecule has 1 atom stereocenters. The molecule has 0 aliphatic heterocycles. The van der Waals surface area contributed by atoms with Gasteiger partial charge >= 0.3 is 12.4 Å². The van der Waals surface area contributed by atoms with Gasteiger partial charge in [-0.25, -0.2) is 0 Å². The van der Waals surface area contributed by atoms with Crippen LogP contribution in [-0.4, -0.2) is 23.6 Å². The second-order valence-corrected chi connectivity index (χ2v) is 4.83. The molecule has 0 heterocycles. The SMILES string of the molecule is OC(Cc1cccc(Cl)c1Cl)C(C(F)(F)F)C(F)(F)F. The van der Waals surface area contributed by atoms with Crippen molar-refractivity contribution < 1.29 is 31.4 Å². The lowest BCUT2D eigenvalue weighted by Gasteiger charge is -2.27. The van der Waals surface area contributed by atoms with Gasteiger partial charge in [-0.1, -0.05) is 35.3 Å². The number of aliphatic hydroxyl groups is 1. The smallest absolute Gasteiger partial charge is 0.392 e. The first-order chi connectivity index (χ1) is 8.94. The van der Waals surface area contributed by atoms with Gasteiger partial charge in [-0.15, -0.1) is 0 Å². The van der Waals surface area contributed by atoms with E-state index < -0.39 is 30.8 Å². The molecule has 1 unspecified atom stereocenters. The van der Waals surface area contributed by atoms with Crippen molar-refractivity contribution in [2.75, 3.05) is 0 Å². The summed E-state index contributed by atoms with van der Waals surface area (Å²) in [6, 6.07) is 3.83. The zero-order chi connectivity index (χ0) is 15.7. The number of hydrogen-bond acceptors (Lipinski definition) is 1. The fourth-order valence-electron chi connectivity index (χ4n) is 1.67. The van der Waals surface area contributed by atoms with Crippen LogP contribution in [0.25, 0.3) is 0 Å². The first kappa shape index (κ1) is 17.4. The van der Waals surface area contributed by atoms with Crippen LogP contribution >= 0.6 is 23.2 Å². The maximum atomic E-state index is 12.4. The zero-order valence-electron chi connectivity index (χ0n) is 9.56. The number of aliphatic hydroxyl groups excluding tert-OH is 1. The Hall–Kier alpha value is -0.660. The molecular weight excluding hydrogens is 333 g/mol. The van der Waals surface area contributed by atoms with Crippen molar-refractivity contribution >= 4 is 23.2 Å². The average molecular weight is 341 g/mol. The van der Waals surface area contributed by atoms with E-state index in [0.29, 0.717) is 0 Å². The summed E-state index contributed by atoms with van der Waals surface area (Å²) in [5.41, 5.74) is -0.0924. The Labute approximate surface area is 120 Å². The molecule has 0 saturated heterocycles. The Kier molecular flexibility index (Phi) is 5.21. The third-order valence-electron chi connectivity index (χ3n) is 2.55. The van der Waals surface area contributed by atoms with E-state index in [1.165, 1.54) is 18.2 Å². The van der Waals surface area contributed by atoms with E-state index in [-0.39, 0.29) is 15.6 Å². The van der Waals surface area contributed by atoms with Crippen LogP contribution in [0.4, 0.5) is 26.3 Å². The van der Waals surface area contributed by atoms with Gasteiger partial charge in [0, 0.05) is 6.42 Å². The monoisotopic (exact) mass is 340 g/mol. The zero-order valence-corrected chi connectivity index (χ0v) is 11.1. The minimum Gasteiger partial charge on any atom is -0.392 e. The van der Waals surface area contributed by atoms with Gasteiger partial charge in [-0.05, 0) is 11.6 Å². The highest BCUT2D eigenvalue weighted by molar-refractivity contribution is 6.42. The molecule has 0 aliphatic carbocycles. The lowest BCUT2D eigenvalue weighted by Crippen LogP contribution is -2.45. The maximum Gasteiger partial charge on any atom is 0.403 e. The molecule has 0 fully saturated rings. The van der Waals surface area contributed by atoms with Crippen molar-refractivity contribution in [3.05, 3.63) is 33.8 Å². The van der Waals surface area contributed by atoms with Gasteiger partial charge in [0.1, 0.15) is 0 Å². The molecule has 1 N–H and O–H groups in total. The van der Waals surface area contributed by atoms with E-state index in [1.807, 2.05) is 0 Å². The standard InChI is InChI=1S/C11H8Cl2F6O/c12-6-3-1-2-5(8(6)13)4-7(20)9(10(14,15)16)11(17,18)19/h1-3,7,9,20H,4H2. The molecule has 0 aliphatic rings. The number of alkyl halides is 6. The summed E-state index contributed by atoms with van der Waals surface area (Å²) < 4.78 is 74.5. The number of hydrogen-bond donors (Lipinski definition) is 1. The van der Waals surface area contributed by atoms with Gasteiger partial charge in [0.15, 0.2) is 5.92 Å². The van der Waals surface area contributed by atoms with Gasteiger partial charge in [0.05, 0.1) is 16.1 Å². The van der Waals surface area contributed by atoms with Crippen LogP contribution in [0.5, 0.6) is 0 Å². The van der Waals surface area contributed by atoms with Crippen LogP contribution in [0, 0.1) is 5.92 Å². The van der Waals surface area contributed by atoms with Crippen molar-refractivity contribution in [3.8, 4) is 0 Å². The Balaban J connectivity index is 3.04. The maximum absolute atomic E-state index is 12.4. The average Bonchev–Trinajstić information content (AvgIpc) is 2.20. The van der Waals surface area contributed by atoms with Crippen LogP contribution in [-0.2, 0) is 6.42 Å². The van der Waals surface area contributed by atoms with Crippen LogP contribution < -0.4 is 0 Å². The fraction of sp³-hybridized carbons (Fsp3) is 0.455. The summed E-state index contributed by atoms with van der Waals surface area (Å²) in [4.78, 5) is 0. The van der Waals surface area contributed by atoms with Crippen LogP contribution in [0.1, 0.15) is 5.56 Å². The van der Waals surface area contributed by atoms with Gasteiger partial charge in [-0.2, -0.15) is 26.3 Å². The molecule has 1 aromatic rings. The molecule has 9 heteroatoms. The predicted molar refractivity (Wildman–Crippen MR) is 61.8 cm³/mol. The van der Waals surface area contributed by atoms with E-state index >= 15 is 0 Å². The first-order valence-corrected chi connectivity index (χ1v) is 5.94. The molecular formula is C11H8Cl2F6O. The molecule has 1 nitrogen and oxygen atoms in total. The predicted octanol–water partition coefficient (Wildman–Crippen LogP) is 4.64. The lowest BCUT2D eigenvalue weighted by atomic mass is 9.95. The van der Waals surface area contributed by atoms with Crippen LogP contribution in [0.3, 0.4) is 0 Å². The van der Waals surface area contributed by atoms with E-state index in [4.69, 9.17) is 23.2 Å². The molecule has 0 bridgehead atoms. The van der Waals surface area contributed by atoms with Crippen molar-refractivity contribution in [3.63, 3.8) is 0 Å². The van der Waals surface area contributed by atoms with E-state index in [1.54, 1.807) is 0 Å². The topological polar surface area (TPSA) is 20.2 Å². The molecule has 0 saturated carbocycles. The lowest BCUT2D eigenvalue weighted by molar-refractivity contribution is -0.305. The largest absolute Gasteiger partial charge is 0.403 e. The molecule has 20 heavy (non-hydrogen) atoms. The summed E-state index contributed by atoms with van der Waals surface area (Å²) in [7, 11) is 0. The van der Waals surface area contributed by atoms with Crippen LogP contribution in [0.2, 0.25) is 10.0 Å². The Morgan fingerprint density at radius 3 is 1.95 bits per heavy atom. The first-order valence-electron chi connectivity index (χ1n) is 5.19. The van der Waals surface area contributed by atoms with Gasteiger partial charge in [0.25, 0.3) is 0 Å². The highest BCUT2D eigenvalue weighted by Crippen LogP contribution is 2.42. The molecule has 1 rings (SSSR count). The minimum atomic E-state index is -5.61. The normalized spacial score (nSPS) is 14.7. The Morgan fingerprint density at radius 1 is 1.00 bits per heavy atom. The summed E-state index contributed by atoms with van der Waals surface area (Å²) in [5.74, 6) is -3.84. The van der Waals surface area contributed by atoms with E-state index in [9.17, 15) is 31.4 Å². The molecule has 114 valence electrons. The molecule has 0 amide bonds. The number of rotatable bonds is 3. The van der Waals surface area contributed by atoms with Crippen molar-refractivity contribution in [1.29, 1.82) is 0 Å². The van der Waals surface area contributed by atoms with Gasteiger partial charge < -0.3 is 5.11 Å². The number of benzene rings is 1. The summed E-state index contributed by atoms with van der Waals surface area (Å²) in [6.45, 7) is 0. The van der Waals surface area contributed by atoms with Crippen LogP contribution in [0.15, 0.2) is 18.2 Å². The second kappa shape index (κ2) is 5.99. The second-order valence-electron chi connectivity index (χ2n) is 4.05. The highest BCUT2D eigenvalue weighted by atomic mass is 35.5. The van der Waals surface area contributed by atoms with Gasteiger partial charge in [0.2, 0.25) is 0 Å². The van der Waals surface area contributed by atoms with Crippen molar-refractivity contribution in [1.82, 2.24) is 0 Å². The Bertz CT molecular complexity index is 457. The summed E-state index contributed by atoms with van der Waals surface area (Å²) in [6.07, 6.45) is -14.8. The molecule has 1 aromatic carbocycles. The molecule has 0 spiro atoms. The quantitative estimate of drug-likeness (QED) is 0.795. The van der Waals surface area contributed by atoms with Crippen molar-refractivity contribution in [2.45, 2.75) is 24.9 Å². The molecule has 0 radical (unpaired) electrons. The van der Waals surface area contributed by atoms with E-state index in [2.05, 4.69) is 0 Å². The highest BCUT2D eigenvalue weighted by Gasteiger charge is 2.60. The molecule has 0 aromatic heterocycles. The third kappa shape index (κ3) is 4.17. The van der Waals surface area contributed by atoms with Gasteiger partial charge in [-0.3, -0.25) is 0 Å². The summed E-state index contributed by atoms with van der Waals surface area (Å²) in [5, 5.41) is 9.10. The Morgan fingerprint density at radius 2 is 1.50 bits per heavy atom. The summed E-state index contributed by atoms with van der Waals surface area (Å²) >= 11 is 11.3. The van der Waals surface area contributed by atoms with E-state index in [0.717, 1.165) is 0 Å².